The van der Waals surface area contributed by atoms with Crippen molar-refractivity contribution in [2.24, 2.45) is 0 Å². The van der Waals surface area contributed by atoms with E-state index >= 15 is 0 Å². The van der Waals surface area contributed by atoms with E-state index in [1.54, 1.807) is 0 Å². The van der Waals surface area contributed by atoms with Crippen LogP contribution in [0.25, 0.3) is 68.6 Å². The van der Waals surface area contributed by atoms with E-state index in [1.807, 2.05) is 42.5 Å². The zero-order chi connectivity index (χ0) is 32.6. The largest absolute Gasteiger partial charge is 2.00 e. The third kappa shape index (κ3) is 5.80. The molecule has 5 nitrogen and oxygen atoms in total. The van der Waals surface area contributed by atoms with E-state index < -0.39 is 0 Å². The number of nitrogens with zero attached hydrogens (tertiary/aromatic N) is 5. The van der Waals surface area contributed by atoms with E-state index in [1.165, 1.54) is 0 Å². The number of rotatable bonds is 5. The minimum atomic E-state index is 0. The number of para-hydroxylation sites is 2. The summed E-state index contributed by atoms with van der Waals surface area (Å²) in [6.07, 6.45) is 8.31. The first-order valence-corrected chi connectivity index (χ1v) is 16.3. The summed E-state index contributed by atoms with van der Waals surface area (Å²) in [7, 11) is 0. The van der Waals surface area contributed by atoms with Crippen molar-refractivity contribution in [3.8, 4) is 22.3 Å². The molecule has 9 rings (SSSR count). The third-order valence-electron chi connectivity index (χ3n) is 8.79. The number of hydrogen-bond acceptors (Lipinski definition) is 3. The second kappa shape index (κ2) is 13.4. The molecule has 0 aliphatic carbocycles. The zero-order valence-electron chi connectivity index (χ0n) is 27.2. The topological polar surface area (TPSA) is 57.2 Å². The number of benzene rings is 4. The van der Waals surface area contributed by atoms with Gasteiger partial charge < -0.3 is 14.9 Å². The number of hydrogen-bond donors (Lipinski definition) is 0. The van der Waals surface area contributed by atoms with Gasteiger partial charge in [0, 0.05) is 11.4 Å². The van der Waals surface area contributed by atoms with Gasteiger partial charge in [0.25, 0.3) is 0 Å². The maximum Gasteiger partial charge on any atom is 2.00 e. The molecule has 0 fully saturated rings. The van der Waals surface area contributed by atoms with Gasteiger partial charge in [-0.05, 0) is 70.8 Å². The maximum absolute atomic E-state index is 5.38. The molecule has 2 aliphatic rings. The fourth-order valence-corrected chi connectivity index (χ4v) is 6.60. The summed E-state index contributed by atoms with van der Waals surface area (Å²) in [4.78, 5) is 23.2. The van der Waals surface area contributed by atoms with Crippen molar-refractivity contribution in [2.45, 2.75) is 0 Å². The summed E-state index contributed by atoms with van der Waals surface area (Å²) in [5.41, 5.74) is 13.6. The third-order valence-corrected chi connectivity index (χ3v) is 8.79. The van der Waals surface area contributed by atoms with Gasteiger partial charge in [0.15, 0.2) is 0 Å². The molecule has 0 amide bonds. The first-order valence-electron chi connectivity index (χ1n) is 16.3. The van der Waals surface area contributed by atoms with E-state index in [9.17, 15) is 0 Å². The predicted molar refractivity (Wildman–Crippen MR) is 202 cm³/mol. The molecule has 0 atom stereocenters. The fraction of sp³-hybridized carbons (Fsp3) is 0. The molecule has 6 heteroatoms. The van der Waals surface area contributed by atoms with Gasteiger partial charge in [-0.1, -0.05) is 127 Å². The normalized spacial score (nSPS) is 11.7. The number of fused-ring (bicyclic) bond motifs is 8. The van der Waals surface area contributed by atoms with Crippen LogP contribution in [-0.2, 0) is 19.5 Å². The molecule has 4 aromatic carbocycles. The average Bonchev–Trinajstić information content (AvgIpc) is 3.99. The van der Waals surface area contributed by atoms with Crippen LogP contribution in [0.4, 0.5) is 17.1 Å². The van der Waals surface area contributed by atoms with E-state index in [-0.39, 0.29) is 19.5 Å². The van der Waals surface area contributed by atoms with Crippen molar-refractivity contribution in [1.82, 2.24) is 19.9 Å². The molecule has 0 unspecified atom stereocenters. The molecule has 0 saturated carbocycles. The molecule has 8 bridgehead atoms. The molecule has 232 valence electrons. The smallest absolute Gasteiger partial charge is 0.657 e. The van der Waals surface area contributed by atoms with Crippen LogP contribution in [0.2, 0.25) is 0 Å². The van der Waals surface area contributed by atoms with E-state index in [0.29, 0.717) is 0 Å². The molecule has 0 N–H and O–H groups in total. The molecule has 5 heterocycles. The van der Waals surface area contributed by atoms with Crippen molar-refractivity contribution in [3.63, 3.8) is 0 Å². The first kappa shape index (κ1) is 31.2. The van der Waals surface area contributed by atoms with Crippen LogP contribution in [0.1, 0.15) is 22.8 Å². The van der Waals surface area contributed by atoms with E-state index in [0.717, 1.165) is 84.2 Å². The average molecular weight is 693 g/mol. The Morgan fingerprint density at radius 1 is 0.420 bits per heavy atom. The monoisotopic (exact) mass is 691 g/mol. The zero-order valence-corrected chi connectivity index (χ0v) is 30.2. The van der Waals surface area contributed by atoms with Gasteiger partial charge >= 0.3 is 19.5 Å². The molecular weight excluding hydrogens is 664 g/mol. The summed E-state index contributed by atoms with van der Waals surface area (Å²) in [6, 6.07) is 51.9. The predicted octanol–water partition coefficient (Wildman–Crippen LogP) is 10.7. The summed E-state index contributed by atoms with van der Waals surface area (Å²) in [6.45, 7) is 0. The minimum absolute atomic E-state index is 0. The Morgan fingerprint density at radius 3 is 1.52 bits per heavy atom. The van der Waals surface area contributed by atoms with Gasteiger partial charge in [-0.3, -0.25) is 0 Å². The van der Waals surface area contributed by atoms with Gasteiger partial charge in [0.2, 0.25) is 0 Å². The standard InChI is InChI=1S/C44H29N5.Zn/c1-5-13-30(14-6-1)42-36-23-21-32(45-36)29-33-22-24-37(46-33)43(31-15-7-2-8-16-31)39-26-28-41(48-39)44(40-27-25-38(42)47-40)49(34-17-9-3-10-18-34)35-19-11-4-12-20-35;/h1-29H;/q-2;+2. The Bertz CT molecular complexity index is 2460. The van der Waals surface area contributed by atoms with Gasteiger partial charge in [-0.2, -0.15) is 0 Å². The second-order valence-electron chi connectivity index (χ2n) is 11.9. The van der Waals surface area contributed by atoms with Crippen molar-refractivity contribution >= 4 is 63.4 Å². The Balaban J connectivity index is 0.00000361. The molecule has 3 aromatic heterocycles. The van der Waals surface area contributed by atoms with Crippen molar-refractivity contribution in [2.75, 3.05) is 4.90 Å². The van der Waals surface area contributed by atoms with Gasteiger partial charge in [0.1, 0.15) is 0 Å². The van der Waals surface area contributed by atoms with Crippen molar-refractivity contribution in [1.29, 1.82) is 0 Å². The van der Waals surface area contributed by atoms with Crippen LogP contribution in [0.15, 0.2) is 152 Å². The minimum Gasteiger partial charge on any atom is -0.657 e. The Hall–Kier alpha value is -6.10. The number of anilines is 3. The van der Waals surface area contributed by atoms with E-state index in [4.69, 9.17) is 19.9 Å². The molecular formula is C44H29N5Zn. The number of aromatic nitrogens is 4. The van der Waals surface area contributed by atoms with Crippen molar-refractivity contribution in [3.05, 3.63) is 174 Å². The van der Waals surface area contributed by atoms with Crippen LogP contribution in [0, 0.1) is 0 Å². The SMILES string of the molecule is C1=Cc2nc1cc1ccc([n-]1)c(-c1ccccc1)c1nc(c(N(c3ccccc3)c3ccccc3)c3ccc([n-]3)c2-c2ccccc2)C=C1.[Zn+2]. The summed E-state index contributed by atoms with van der Waals surface area (Å²) in [5, 5.41) is 0. The van der Waals surface area contributed by atoms with E-state index in [2.05, 4.69) is 138 Å². The second-order valence-corrected chi connectivity index (χ2v) is 11.9. The van der Waals surface area contributed by atoms with Gasteiger partial charge in [-0.25, -0.2) is 9.97 Å². The molecule has 7 aromatic rings. The van der Waals surface area contributed by atoms with Crippen LogP contribution in [0.3, 0.4) is 0 Å². The maximum atomic E-state index is 5.38. The summed E-state index contributed by atoms with van der Waals surface area (Å²) < 4.78 is 0. The van der Waals surface area contributed by atoms with Crippen LogP contribution < -0.4 is 14.9 Å². The molecule has 0 spiro atoms. The first-order chi connectivity index (χ1) is 24.3. The van der Waals surface area contributed by atoms with Crippen molar-refractivity contribution < 1.29 is 19.5 Å². The molecule has 0 saturated heterocycles. The van der Waals surface area contributed by atoms with Crippen LogP contribution in [-0.4, -0.2) is 9.97 Å². The Kier molecular flexibility index (Phi) is 8.38. The quantitative estimate of drug-likeness (QED) is 0.168. The van der Waals surface area contributed by atoms with Gasteiger partial charge in [-0.15, -0.1) is 22.1 Å². The summed E-state index contributed by atoms with van der Waals surface area (Å²) >= 11 is 0. The van der Waals surface area contributed by atoms with Crippen LogP contribution >= 0.6 is 0 Å². The Labute approximate surface area is 303 Å². The molecule has 2 aliphatic heterocycles. The Morgan fingerprint density at radius 2 is 0.900 bits per heavy atom. The molecule has 50 heavy (non-hydrogen) atoms. The van der Waals surface area contributed by atoms with Gasteiger partial charge in [0.05, 0.1) is 28.5 Å². The van der Waals surface area contributed by atoms with Crippen LogP contribution in [0.5, 0.6) is 0 Å². The fourth-order valence-electron chi connectivity index (χ4n) is 6.60. The summed E-state index contributed by atoms with van der Waals surface area (Å²) in [5.74, 6) is 0. The molecule has 0 radical (unpaired) electrons.